The molecule has 2 N–H and O–H groups in total. The first kappa shape index (κ1) is 13.2. The van der Waals surface area contributed by atoms with Crippen LogP contribution in [0.25, 0.3) is 0 Å². The van der Waals surface area contributed by atoms with Gasteiger partial charge in [0.05, 0.1) is 12.6 Å². The van der Waals surface area contributed by atoms with Gasteiger partial charge >= 0.3 is 0 Å². The average molecular weight is 225 g/mol. The summed E-state index contributed by atoms with van der Waals surface area (Å²) in [5, 5.41) is 12.8. The number of hydrogen-bond donors (Lipinski definition) is 2. The maximum absolute atomic E-state index is 9.35. The molecule has 0 saturated heterocycles. The molecule has 1 aromatic heterocycles. The van der Waals surface area contributed by atoms with Crippen molar-refractivity contribution < 1.29 is 5.11 Å². The number of nitrogens with zero attached hydrogens (tertiary/aromatic N) is 2. The third kappa shape index (κ3) is 3.06. The summed E-state index contributed by atoms with van der Waals surface area (Å²) in [5.74, 6) is 1.47. The molecule has 0 amide bonds. The SMILES string of the molecule is CCC(C)C(CO)NC(C)c1nccn1C. The number of aryl methyl sites for hydroxylation is 1. The zero-order valence-electron chi connectivity index (χ0n) is 10.6. The van der Waals surface area contributed by atoms with Gasteiger partial charge in [0, 0.05) is 25.5 Å². The van der Waals surface area contributed by atoms with Gasteiger partial charge in [-0.3, -0.25) is 0 Å². The standard InChI is InChI=1S/C12H23N3O/c1-5-9(2)11(8-16)14-10(3)12-13-6-7-15(12)4/h6-7,9-11,14,16H,5,8H2,1-4H3. The monoisotopic (exact) mass is 225 g/mol. The van der Waals surface area contributed by atoms with Crippen molar-refractivity contribution in [2.75, 3.05) is 6.61 Å². The van der Waals surface area contributed by atoms with Crippen molar-refractivity contribution in [3.05, 3.63) is 18.2 Å². The third-order valence-electron chi connectivity index (χ3n) is 3.24. The Kier molecular flexibility index (Phi) is 4.96. The van der Waals surface area contributed by atoms with E-state index in [0.29, 0.717) is 5.92 Å². The van der Waals surface area contributed by atoms with Crippen LogP contribution in [0.15, 0.2) is 12.4 Å². The van der Waals surface area contributed by atoms with Crippen molar-refractivity contribution in [3.8, 4) is 0 Å². The molecule has 4 heteroatoms. The van der Waals surface area contributed by atoms with Gasteiger partial charge in [-0.05, 0) is 12.8 Å². The van der Waals surface area contributed by atoms with Crippen LogP contribution in [0.2, 0.25) is 0 Å². The second kappa shape index (κ2) is 6.01. The first-order valence-electron chi connectivity index (χ1n) is 5.94. The fraction of sp³-hybridized carbons (Fsp3) is 0.750. The van der Waals surface area contributed by atoms with Gasteiger partial charge in [0.15, 0.2) is 0 Å². The molecular formula is C12H23N3O. The molecule has 92 valence electrons. The fourth-order valence-electron chi connectivity index (χ4n) is 1.87. The van der Waals surface area contributed by atoms with E-state index in [2.05, 4.69) is 31.1 Å². The Morgan fingerprint density at radius 3 is 2.62 bits per heavy atom. The normalized spacial score (nSPS) is 17.1. The molecule has 0 radical (unpaired) electrons. The Hall–Kier alpha value is -0.870. The number of aromatic nitrogens is 2. The van der Waals surface area contributed by atoms with E-state index in [1.165, 1.54) is 0 Å². The number of aliphatic hydroxyl groups is 1. The summed E-state index contributed by atoms with van der Waals surface area (Å²) in [6, 6.07) is 0.294. The highest BCUT2D eigenvalue weighted by Crippen LogP contribution is 2.14. The van der Waals surface area contributed by atoms with Crippen molar-refractivity contribution >= 4 is 0 Å². The molecule has 4 nitrogen and oxygen atoms in total. The second-order valence-corrected chi connectivity index (χ2v) is 4.46. The van der Waals surface area contributed by atoms with E-state index < -0.39 is 0 Å². The summed E-state index contributed by atoms with van der Waals surface area (Å²) in [6.45, 7) is 6.54. The van der Waals surface area contributed by atoms with Gasteiger partial charge in [0.2, 0.25) is 0 Å². The highest BCUT2D eigenvalue weighted by Gasteiger charge is 2.19. The molecule has 3 unspecified atom stereocenters. The maximum atomic E-state index is 9.35. The Bertz CT molecular complexity index is 311. The summed E-state index contributed by atoms with van der Waals surface area (Å²) in [4.78, 5) is 4.31. The summed E-state index contributed by atoms with van der Waals surface area (Å²) in [5.41, 5.74) is 0. The molecule has 1 aromatic rings. The van der Waals surface area contributed by atoms with Crippen LogP contribution in [-0.2, 0) is 7.05 Å². The summed E-state index contributed by atoms with van der Waals surface area (Å²) >= 11 is 0. The van der Waals surface area contributed by atoms with Crippen molar-refractivity contribution in [3.63, 3.8) is 0 Å². The topological polar surface area (TPSA) is 50.1 Å². The molecule has 3 atom stereocenters. The van der Waals surface area contributed by atoms with Crippen LogP contribution < -0.4 is 5.32 Å². The van der Waals surface area contributed by atoms with E-state index in [-0.39, 0.29) is 18.7 Å². The van der Waals surface area contributed by atoms with Crippen LogP contribution in [0.4, 0.5) is 0 Å². The lowest BCUT2D eigenvalue weighted by Gasteiger charge is -2.26. The number of nitrogens with one attached hydrogen (secondary N) is 1. The van der Waals surface area contributed by atoms with E-state index in [1.807, 2.05) is 17.8 Å². The fourth-order valence-corrected chi connectivity index (χ4v) is 1.87. The number of imidazole rings is 1. The first-order valence-corrected chi connectivity index (χ1v) is 5.94. The van der Waals surface area contributed by atoms with E-state index >= 15 is 0 Å². The molecule has 16 heavy (non-hydrogen) atoms. The predicted octanol–water partition coefficient (Wildman–Crippen LogP) is 1.48. The Labute approximate surface area is 97.7 Å². The van der Waals surface area contributed by atoms with Gasteiger partial charge < -0.3 is 15.0 Å². The highest BCUT2D eigenvalue weighted by atomic mass is 16.3. The summed E-state index contributed by atoms with van der Waals surface area (Å²) in [6.07, 6.45) is 4.79. The lowest BCUT2D eigenvalue weighted by molar-refractivity contribution is 0.190. The van der Waals surface area contributed by atoms with Crippen LogP contribution in [0.3, 0.4) is 0 Å². The van der Waals surface area contributed by atoms with Gasteiger partial charge in [-0.15, -0.1) is 0 Å². The second-order valence-electron chi connectivity index (χ2n) is 4.46. The van der Waals surface area contributed by atoms with Crippen molar-refractivity contribution in [1.29, 1.82) is 0 Å². The van der Waals surface area contributed by atoms with Crippen molar-refractivity contribution in [2.24, 2.45) is 13.0 Å². The quantitative estimate of drug-likeness (QED) is 0.771. The molecular weight excluding hydrogens is 202 g/mol. The zero-order valence-corrected chi connectivity index (χ0v) is 10.6. The van der Waals surface area contributed by atoms with E-state index in [9.17, 15) is 5.11 Å². The Balaban J connectivity index is 2.62. The molecule has 0 bridgehead atoms. The molecule has 0 aliphatic heterocycles. The largest absolute Gasteiger partial charge is 0.395 e. The predicted molar refractivity (Wildman–Crippen MR) is 65.1 cm³/mol. The smallest absolute Gasteiger partial charge is 0.125 e. The average Bonchev–Trinajstić information content (AvgIpc) is 2.71. The lowest BCUT2D eigenvalue weighted by Crippen LogP contribution is -2.40. The van der Waals surface area contributed by atoms with Gasteiger partial charge in [-0.25, -0.2) is 4.98 Å². The van der Waals surface area contributed by atoms with Gasteiger partial charge in [0.1, 0.15) is 5.82 Å². The molecule has 0 aliphatic rings. The minimum atomic E-state index is 0.136. The Morgan fingerprint density at radius 1 is 1.50 bits per heavy atom. The van der Waals surface area contributed by atoms with Gasteiger partial charge in [0.25, 0.3) is 0 Å². The van der Waals surface area contributed by atoms with E-state index in [1.54, 1.807) is 6.20 Å². The molecule has 0 aromatic carbocycles. The van der Waals surface area contributed by atoms with Crippen LogP contribution in [0.1, 0.15) is 39.1 Å². The van der Waals surface area contributed by atoms with E-state index in [4.69, 9.17) is 0 Å². The van der Waals surface area contributed by atoms with Gasteiger partial charge in [-0.2, -0.15) is 0 Å². The highest BCUT2D eigenvalue weighted by molar-refractivity contribution is 4.98. The Morgan fingerprint density at radius 2 is 2.19 bits per heavy atom. The van der Waals surface area contributed by atoms with Gasteiger partial charge in [-0.1, -0.05) is 20.3 Å². The molecule has 1 heterocycles. The van der Waals surface area contributed by atoms with Crippen LogP contribution in [0, 0.1) is 5.92 Å². The lowest BCUT2D eigenvalue weighted by atomic mass is 9.99. The van der Waals surface area contributed by atoms with Crippen molar-refractivity contribution in [1.82, 2.24) is 14.9 Å². The third-order valence-corrected chi connectivity index (χ3v) is 3.24. The molecule has 0 aliphatic carbocycles. The number of hydrogen-bond acceptors (Lipinski definition) is 3. The first-order chi connectivity index (χ1) is 7.60. The zero-order chi connectivity index (χ0) is 12.1. The molecule has 0 spiro atoms. The minimum absolute atomic E-state index is 0.136. The molecule has 0 saturated carbocycles. The number of aliphatic hydroxyl groups excluding tert-OH is 1. The van der Waals surface area contributed by atoms with Crippen molar-refractivity contribution in [2.45, 2.75) is 39.3 Å². The molecule has 0 fully saturated rings. The van der Waals surface area contributed by atoms with Crippen LogP contribution in [0.5, 0.6) is 0 Å². The number of rotatable bonds is 6. The van der Waals surface area contributed by atoms with E-state index in [0.717, 1.165) is 12.2 Å². The molecule has 1 rings (SSSR count). The van der Waals surface area contributed by atoms with Crippen LogP contribution >= 0.6 is 0 Å². The maximum Gasteiger partial charge on any atom is 0.125 e. The summed E-state index contributed by atoms with van der Waals surface area (Å²) < 4.78 is 2.00. The minimum Gasteiger partial charge on any atom is -0.395 e. The van der Waals surface area contributed by atoms with Crippen LogP contribution in [-0.4, -0.2) is 27.3 Å². The summed E-state index contributed by atoms with van der Waals surface area (Å²) in [7, 11) is 1.98.